The minimum Gasteiger partial charge on any atom is -0.493 e. The molecule has 0 radical (unpaired) electrons. The fraction of sp³-hybridized carbons (Fsp3) is 0.316. The average Bonchev–Trinajstić information content (AvgIpc) is 3.07. The molecule has 1 aliphatic carbocycles. The highest BCUT2D eigenvalue weighted by Gasteiger charge is 2.20. The highest BCUT2D eigenvalue weighted by molar-refractivity contribution is 6.00. The van der Waals surface area contributed by atoms with Crippen molar-refractivity contribution in [2.75, 3.05) is 12.8 Å². The number of nitrogens with two attached hydrogens (primary N) is 1. The second kappa shape index (κ2) is 6.83. The highest BCUT2D eigenvalue weighted by Crippen LogP contribution is 2.38. The molecule has 2 aromatic carbocycles. The molecule has 2 aromatic rings. The first kappa shape index (κ1) is 16.2. The Morgan fingerprint density at radius 1 is 1.17 bits per heavy atom. The number of carbonyl (C=O) groups is 1. The maximum atomic E-state index is 11.5. The highest BCUT2D eigenvalue weighted by atomic mass is 16.5. The van der Waals surface area contributed by atoms with E-state index in [9.17, 15) is 9.90 Å². The van der Waals surface area contributed by atoms with Gasteiger partial charge in [0, 0.05) is 11.3 Å². The summed E-state index contributed by atoms with van der Waals surface area (Å²) in [4.78, 5) is 11.5. The third-order valence-corrected chi connectivity index (χ3v) is 4.38. The molecule has 0 amide bonds. The lowest BCUT2D eigenvalue weighted by molar-refractivity contribution is 0.0697. The van der Waals surface area contributed by atoms with Crippen molar-refractivity contribution in [2.24, 2.45) is 0 Å². The van der Waals surface area contributed by atoms with Crippen molar-refractivity contribution in [3.8, 4) is 22.6 Å². The van der Waals surface area contributed by atoms with Gasteiger partial charge in [0.1, 0.15) is 0 Å². The first-order valence-electron chi connectivity index (χ1n) is 8.07. The minimum atomic E-state index is -1.01. The van der Waals surface area contributed by atoms with Crippen molar-refractivity contribution in [1.82, 2.24) is 0 Å². The Balaban J connectivity index is 2.04. The Hall–Kier alpha value is -2.69. The number of carboxylic acid groups (broad SMARTS) is 1. The van der Waals surface area contributed by atoms with Crippen LogP contribution in [0.4, 0.5) is 5.69 Å². The molecule has 1 saturated carbocycles. The summed E-state index contributed by atoms with van der Waals surface area (Å²) in [5, 5.41) is 9.44. The van der Waals surface area contributed by atoms with Crippen molar-refractivity contribution in [3.63, 3.8) is 0 Å². The van der Waals surface area contributed by atoms with E-state index < -0.39 is 5.97 Å². The van der Waals surface area contributed by atoms with Gasteiger partial charge in [0.15, 0.2) is 11.5 Å². The number of rotatable bonds is 5. The topological polar surface area (TPSA) is 81.8 Å². The van der Waals surface area contributed by atoms with Gasteiger partial charge in [0.05, 0.1) is 18.8 Å². The van der Waals surface area contributed by atoms with Gasteiger partial charge >= 0.3 is 5.97 Å². The van der Waals surface area contributed by atoms with Gasteiger partial charge in [0.2, 0.25) is 0 Å². The van der Waals surface area contributed by atoms with Gasteiger partial charge in [-0.15, -0.1) is 0 Å². The third kappa shape index (κ3) is 3.15. The Morgan fingerprint density at radius 2 is 1.92 bits per heavy atom. The van der Waals surface area contributed by atoms with E-state index >= 15 is 0 Å². The maximum Gasteiger partial charge on any atom is 0.336 e. The van der Waals surface area contributed by atoms with E-state index in [1.165, 1.54) is 12.8 Å². The minimum absolute atomic E-state index is 0.173. The molecule has 3 rings (SSSR count). The van der Waals surface area contributed by atoms with Crippen LogP contribution in [0.25, 0.3) is 11.1 Å². The number of hydrogen-bond acceptors (Lipinski definition) is 4. The smallest absolute Gasteiger partial charge is 0.336 e. The van der Waals surface area contributed by atoms with Gasteiger partial charge in [-0.05, 0) is 55.5 Å². The van der Waals surface area contributed by atoms with Crippen LogP contribution >= 0.6 is 0 Å². The molecule has 5 nitrogen and oxygen atoms in total. The third-order valence-electron chi connectivity index (χ3n) is 4.38. The van der Waals surface area contributed by atoms with Crippen LogP contribution in [0.2, 0.25) is 0 Å². The lowest BCUT2D eigenvalue weighted by Gasteiger charge is -2.18. The van der Waals surface area contributed by atoms with E-state index in [0.29, 0.717) is 28.3 Å². The van der Waals surface area contributed by atoms with E-state index in [4.69, 9.17) is 15.2 Å². The van der Waals surface area contributed by atoms with Crippen LogP contribution in [-0.2, 0) is 0 Å². The molecule has 126 valence electrons. The number of hydrogen-bond donors (Lipinski definition) is 2. The standard InChI is InChI=1S/C19H21NO4/c1-23-16-10-9-12(11-17(16)24-13-5-2-3-6-13)18-14(19(21)22)7-4-8-15(18)20/h4,7-11,13H,2-3,5-6,20H2,1H3,(H,21,22). The first-order valence-corrected chi connectivity index (χ1v) is 8.07. The number of benzene rings is 2. The second-order valence-corrected chi connectivity index (χ2v) is 5.96. The van der Waals surface area contributed by atoms with Gasteiger partial charge < -0.3 is 20.3 Å². The lowest BCUT2D eigenvalue weighted by Crippen LogP contribution is -2.11. The predicted molar refractivity (Wildman–Crippen MR) is 92.7 cm³/mol. The monoisotopic (exact) mass is 327 g/mol. The fourth-order valence-electron chi connectivity index (χ4n) is 3.18. The lowest BCUT2D eigenvalue weighted by atomic mass is 9.97. The Morgan fingerprint density at radius 3 is 2.58 bits per heavy atom. The molecule has 0 spiro atoms. The van der Waals surface area contributed by atoms with E-state index in [2.05, 4.69) is 0 Å². The molecule has 0 atom stereocenters. The van der Waals surface area contributed by atoms with Crippen LogP contribution in [0.1, 0.15) is 36.0 Å². The van der Waals surface area contributed by atoms with Crippen molar-refractivity contribution in [2.45, 2.75) is 31.8 Å². The predicted octanol–water partition coefficient (Wildman–Crippen LogP) is 3.96. The summed E-state index contributed by atoms with van der Waals surface area (Å²) in [5.41, 5.74) is 7.85. The number of anilines is 1. The summed E-state index contributed by atoms with van der Waals surface area (Å²) in [7, 11) is 1.59. The van der Waals surface area contributed by atoms with Crippen molar-refractivity contribution < 1.29 is 19.4 Å². The summed E-state index contributed by atoms with van der Waals surface area (Å²) >= 11 is 0. The number of aromatic carboxylic acids is 1. The number of nitrogen functional groups attached to an aromatic ring is 1. The summed E-state index contributed by atoms with van der Waals surface area (Å²) in [6.07, 6.45) is 4.58. The van der Waals surface area contributed by atoms with Crippen molar-refractivity contribution in [3.05, 3.63) is 42.0 Å². The van der Waals surface area contributed by atoms with Crippen LogP contribution in [-0.4, -0.2) is 24.3 Å². The molecule has 5 heteroatoms. The summed E-state index contributed by atoms with van der Waals surface area (Å²) < 4.78 is 11.5. The van der Waals surface area contributed by atoms with Gasteiger partial charge in [0.25, 0.3) is 0 Å². The first-order chi connectivity index (χ1) is 11.6. The molecule has 1 aliphatic rings. The van der Waals surface area contributed by atoms with E-state index in [1.807, 2.05) is 6.07 Å². The van der Waals surface area contributed by atoms with Crippen LogP contribution < -0.4 is 15.2 Å². The van der Waals surface area contributed by atoms with Crippen LogP contribution in [0.15, 0.2) is 36.4 Å². The molecular formula is C19H21NO4. The molecule has 0 saturated heterocycles. The number of ether oxygens (including phenoxy) is 2. The summed E-state index contributed by atoms with van der Waals surface area (Å²) in [6.45, 7) is 0. The normalized spacial score (nSPS) is 14.5. The fourth-order valence-corrected chi connectivity index (χ4v) is 3.18. The van der Waals surface area contributed by atoms with Crippen LogP contribution in [0.3, 0.4) is 0 Å². The van der Waals surface area contributed by atoms with E-state index in [1.54, 1.807) is 37.4 Å². The Bertz CT molecular complexity index is 751. The largest absolute Gasteiger partial charge is 0.493 e. The molecule has 0 bridgehead atoms. The number of carboxylic acids is 1. The van der Waals surface area contributed by atoms with Crippen LogP contribution in [0.5, 0.6) is 11.5 Å². The molecule has 0 heterocycles. The zero-order valence-electron chi connectivity index (χ0n) is 13.6. The Labute approximate surface area is 141 Å². The van der Waals surface area contributed by atoms with Crippen LogP contribution in [0, 0.1) is 0 Å². The zero-order valence-corrected chi connectivity index (χ0v) is 13.6. The maximum absolute atomic E-state index is 11.5. The molecular weight excluding hydrogens is 306 g/mol. The molecule has 1 fully saturated rings. The van der Waals surface area contributed by atoms with Gasteiger partial charge in [-0.1, -0.05) is 12.1 Å². The SMILES string of the molecule is COc1ccc(-c2c(N)cccc2C(=O)O)cc1OC1CCCC1. The van der Waals surface area contributed by atoms with Crippen molar-refractivity contribution in [1.29, 1.82) is 0 Å². The van der Waals surface area contributed by atoms with Gasteiger partial charge in [-0.2, -0.15) is 0 Å². The summed E-state index contributed by atoms with van der Waals surface area (Å²) in [6, 6.07) is 10.3. The molecule has 0 aromatic heterocycles. The van der Waals surface area contributed by atoms with Gasteiger partial charge in [-0.25, -0.2) is 4.79 Å². The number of methoxy groups -OCH3 is 1. The van der Waals surface area contributed by atoms with Gasteiger partial charge in [-0.3, -0.25) is 0 Å². The van der Waals surface area contributed by atoms with E-state index in [-0.39, 0.29) is 11.7 Å². The molecule has 0 unspecified atom stereocenters. The van der Waals surface area contributed by atoms with Crippen molar-refractivity contribution >= 4 is 11.7 Å². The molecule has 24 heavy (non-hydrogen) atoms. The molecule has 3 N–H and O–H groups in total. The second-order valence-electron chi connectivity index (χ2n) is 5.96. The van der Waals surface area contributed by atoms with E-state index in [0.717, 1.165) is 12.8 Å². The quantitative estimate of drug-likeness (QED) is 0.812. The summed E-state index contributed by atoms with van der Waals surface area (Å²) in [5.74, 6) is 0.255. The Kier molecular flexibility index (Phi) is 4.60. The average molecular weight is 327 g/mol. The molecule has 0 aliphatic heterocycles. The zero-order chi connectivity index (χ0) is 17.1.